The lowest BCUT2D eigenvalue weighted by Crippen LogP contribution is -2.25. The van der Waals surface area contributed by atoms with E-state index in [0.29, 0.717) is 47.5 Å². The van der Waals surface area contributed by atoms with Gasteiger partial charge in [0.2, 0.25) is 17.5 Å². The Morgan fingerprint density at radius 3 is 2.57 bits per heavy atom. The van der Waals surface area contributed by atoms with Crippen molar-refractivity contribution in [2.45, 2.75) is 32.6 Å². The van der Waals surface area contributed by atoms with Gasteiger partial charge in [0.15, 0.2) is 17.4 Å². The summed E-state index contributed by atoms with van der Waals surface area (Å²) >= 11 is 0. The largest absolute Gasteiger partial charge is 0.485 e. The third-order valence-electron chi connectivity index (χ3n) is 7.42. The van der Waals surface area contributed by atoms with Crippen molar-refractivity contribution in [3.63, 3.8) is 0 Å². The molecule has 1 aliphatic heterocycles. The molecular weight excluding hydrogens is 582 g/mol. The number of halogens is 4. The molecule has 0 unspecified atom stereocenters. The van der Waals surface area contributed by atoms with Gasteiger partial charge in [-0.1, -0.05) is 6.07 Å². The average Bonchev–Trinajstić information content (AvgIpc) is 3.71. The summed E-state index contributed by atoms with van der Waals surface area (Å²) in [5.41, 5.74) is 9.57. The Balaban J connectivity index is 1.25. The zero-order valence-corrected chi connectivity index (χ0v) is 23.3. The van der Waals surface area contributed by atoms with E-state index in [2.05, 4.69) is 10.1 Å². The van der Waals surface area contributed by atoms with Crippen molar-refractivity contribution in [1.29, 1.82) is 0 Å². The summed E-state index contributed by atoms with van der Waals surface area (Å²) in [6.45, 7) is 1.30. The highest BCUT2D eigenvalue weighted by Crippen LogP contribution is 2.40. The van der Waals surface area contributed by atoms with Crippen LogP contribution in [0.4, 0.5) is 29.1 Å². The quantitative estimate of drug-likeness (QED) is 0.188. The maximum absolute atomic E-state index is 14.0. The third-order valence-corrected chi connectivity index (χ3v) is 7.42. The Kier molecular flexibility index (Phi) is 7.53. The monoisotopic (exact) mass is 607 g/mol. The number of anilines is 2. The Bertz CT molecular complexity index is 1820. The van der Waals surface area contributed by atoms with Crippen LogP contribution in [0.1, 0.15) is 39.9 Å². The second-order valence-corrected chi connectivity index (χ2v) is 10.4. The Hall–Kier alpha value is -5.20. The van der Waals surface area contributed by atoms with Gasteiger partial charge >= 0.3 is 0 Å². The SMILES string of the molecule is Cc1cc(Oc2c(F)cccc2F)ncc1-n1ncc(C(=O)C2=Cc3cc(OCC(F)F)c(N4CCCC4=O)cc3C2)c1N. The number of para-hydroxylation sites is 1. The van der Waals surface area contributed by atoms with E-state index in [-0.39, 0.29) is 41.1 Å². The minimum atomic E-state index is -2.70. The number of carbonyl (C=O) groups excluding carboxylic acids is 2. The van der Waals surface area contributed by atoms with E-state index in [1.54, 1.807) is 25.1 Å². The van der Waals surface area contributed by atoms with Crippen LogP contribution in [-0.4, -0.2) is 46.0 Å². The summed E-state index contributed by atoms with van der Waals surface area (Å²) in [6, 6.07) is 8.07. The Morgan fingerprint density at radius 2 is 1.89 bits per heavy atom. The molecule has 0 spiro atoms. The van der Waals surface area contributed by atoms with Gasteiger partial charge in [-0.15, -0.1) is 0 Å². The highest BCUT2D eigenvalue weighted by molar-refractivity contribution is 6.15. The number of pyridine rings is 1. The summed E-state index contributed by atoms with van der Waals surface area (Å²) in [5.74, 6) is -2.74. The number of amides is 1. The normalized spacial score (nSPS) is 14.3. The first-order chi connectivity index (χ1) is 21.1. The number of ketones is 1. The predicted molar refractivity (Wildman–Crippen MR) is 152 cm³/mol. The molecule has 0 atom stereocenters. The molecular formula is C31H25F4N5O4. The number of aryl methyl sites for hydroxylation is 1. The van der Waals surface area contributed by atoms with E-state index in [9.17, 15) is 27.2 Å². The Labute approximate surface area is 248 Å². The molecule has 0 radical (unpaired) electrons. The van der Waals surface area contributed by atoms with Crippen LogP contribution in [0.5, 0.6) is 17.4 Å². The molecule has 9 nitrogen and oxygen atoms in total. The van der Waals surface area contributed by atoms with Gasteiger partial charge in [0, 0.05) is 31.0 Å². The smallest absolute Gasteiger partial charge is 0.272 e. The second-order valence-electron chi connectivity index (χ2n) is 10.4. The van der Waals surface area contributed by atoms with Crippen molar-refractivity contribution < 1.29 is 36.6 Å². The van der Waals surface area contributed by atoms with Crippen molar-refractivity contribution in [1.82, 2.24) is 14.8 Å². The number of hydrogen-bond donors (Lipinski definition) is 1. The van der Waals surface area contributed by atoms with E-state index >= 15 is 0 Å². The molecule has 2 N–H and O–H groups in total. The van der Waals surface area contributed by atoms with Gasteiger partial charge in [-0.25, -0.2) is 27.2 Å². The molecule has 1 amide bonds. The van der Waals surface area contributed by atoms with Crippen molar-refractivity contribution in [3.8, 4) is 23.1 Å². The van der Waals surface area contributed by atoms with Crippen LogP contribution in [0.2, 0.25) is 0 Å². The molecule has 1 fully saturated rings. The number of benzene rings is 2. The van der Waals surface area contributed by atoms with Gasteiger partial charge in [-0.3, -0.25) is 9.59 Å². The third kappa shape index (κ3) is 5.36. The van der Waals surface area contributed by atoms with Gasteiger partial charge in [0.25, 0.3) is 6.43 Å². The van der Waals surface area contributed by atoms with E-state index in [1.165, 1.54) is 34.1 Å². The van der Waals surface area contributed by atoms with Crippen LogP contribution in [-0.2, 0) is 11.2 Å². The molecule has 0 saturated carbocycles. The van der Waals surface area contributed by atoms with Gasteiger partial charge in [-0.05, 0) is 60.4 Å². The number of Topliss-reactive ketones (excluding diaryl/α,β-unsaturated/α-hetero) is 1. The van der Waals surface area contributed by atoms with Crippen molar-refractivity contribution >= 4 is 29.3 Å². The first-order valence-electron chi connectivity index (χ1n) is 13.7. The van der Waals surface area contributed by atoms with Crippen LogP contribution in [0, 0.1) is 18.6 Å². The lowest BCUT2D eigenvalue weighted by molar-refractivity contribution is -0.117. The predicted octanol–water partition coefficient (Wildman–Crippen LogP) is 5.82. The summed E-state index contributed by atoms with van der Waals surface area (Å²) in [5, 5.41) is 4.27. The number of allylic oxidation sites excluding steroid dienone is 1. The first kappa shape index (κ1) is 28.9. The highest BCUT2D eigenvalue weighted by Gasteiger charge is 2.30. The lowest BCUT2D eigenvalue weighted by atomic mass is 10.0. The molecule has 1 saturated heterocycles. The van der Waals surface area contributed by atoms with Gasteiger partial charge in [-0.2, -0.15) is 5.10 Å². The average molecular weight is 608 g/mol. The number of carbonyl (C=O) groups is 2. The van der Waals surface area contributed by atoms with Crippen LogP contribution in [0.15, 0.2) is 54.4 Å². The number of ether oxygens (including phenoxy) is 2. The second kappa shape index (κ2) is 11.5. The minimum Gasteiger partial charge on any atom is -0.485 e. The maximum Gasteiger partial charge on any atom is 0.272 e. The van der Waals surface area contributed by atoms with Crippen LogP contribution < -0.4 is 20.1 Å². The summed E-state index contributed by atoms with van der Waals surface area (Å²) in [4.78, 5) is 31.6. The van der Waals surface area contributed by atoms with Crippen molar-refractivity contribution in [2.75, 3.05) is 23.8 Å². The van der Waals surface area contributed by atoms with Gasteiger partial charge in [0.1, 0.15) is 18.2 Å². The van der Waals surface area contributed by atoms with Gasteiger partial charge in [0.05, 0.1) is 29.3 Å². The molecule has 2 aromatic carbocycles. The molecule has 1 aliphatic carbocycles. The minimum absolute atomic E-state index is 0.0369. The van der Waals surface area contributed by atoms with E-state index in [0.717, 1.165) is 17.7 Å². The topological polar surface area (TPSA) is 113 Å². The molecule has 13 heteroatoms. The Morgan fingerprint density at radius 1 is 1.11 bits per heavy atom. The van der Waals surface area contributed by atoms with E-state index < -0.39 is 30.4 Å². The number of nitrogens with zero attached hydrogens (tertiary/aromatic N) is 4. The van der Waals surface area contributed by atoms with Crippen molar-refractivity contribution in [3.05, 3.63) is 88.3 Å². The van der Waals surface area contributed by atoms with Crippen molar-refractivity contribution in [2.24, 2.45) is 0 Å². The number of hydrogen-bond acceptors (Lipinski definition) is 7. The number of nitrogen functional groups attached to an aromatic ring is 1. The van der Waals surface area contributed by atoms with Crippen LogP contribution in [0.3, 0.4) is 0 Å². The zero-order chi connectivity index (χ0) is 31.1. The molecule has 4 aromatic rings. The fraction of sp³-hybridized carbons (Fsp3) is 0.226. The molecule has 0 bridgehead atoms. The number of rotatable bonds is 9. The number of aromatic nitrogens is 3. The summed E-state index contributed by atoms with van der Waals surface area (Å²) in [7, 11) is 0. The lowest BCUT2D eigenvalue weighted by Gasteiger charge is -2.21. The summed E-state index contributed by atoms with van der Waals surface area (Å²) < 4.78 is 65.9. The molecule has 2 aromatic heterocycles. The standard InChI is InChI=1S/C31H25F4N5O4/c1-16-8-27(44-30-21(32)4-2-5-22(30)33)37-14-24(16)40-31(36)20(13-38-40)29(42)19-9-17-11-23(39-7-3-6-28(39)41)25(12-18(17)10-19)43-15-26(34)35/h2,4-5,8,10-14,26H,3,6-7,9,15,36H2,1H3. The molecule has 3 heterocycles. The van der Waals surface area contributed by atoms with E-state index in [4.69, 9.17) is 15.2 Å². The number of nitrogens with two attached hydrogens (primary N) is 1. The summed E-state index contributed by atoms with van der Waals surface area (Å²) in [6.07, 6.45) is 2.84. The number of fused-ring (bicyclic) bond motifs is 1. The van der Waals surface area contributed by atoms with Crippen LogP contribution in [0.25, 0.3) is 11.8 Å². The molecule has 226 valence electrons. The number of alkyl halides is 2. The van der Waals surface area contributed by atoms with E-state index in [1.807, 2.05) is 0 Å². The fourth-order valence-corrected chi connectivity index (χ4v) is 5.27. The zero-order valence-electron chi connectivity index (χ0n) is 23.3. The molecule has 44 heavy (non-hydrogen) atoms. The fourth-order valence-electron chi connectivity index (χ4n) is 5.27. The first-order valence-corrected chi connectivity index (χ1v) is 13.7. The maximum atomic E-state index is 14.0. The van der Waals surface area contributed by atoms with Gasteiger partial charge < -0.3 is 20.1 Å². The van der Waals surface area contributed by atoms with Crippen LogP contribution >= 0.6 is 0 Å². The highest BCUT2D eigenvalue weighted by atomic mass is 19.3. The molecule has 2 aliphatic rings. The molecule has 6 rings (SSSR count).